The van der Waals surface area contributed by atoms with Crippen LogP contribution in [0.2, 0.25) is 0 Å². The number of benzene rings is 1. The van der Waals surface area contributed by atoms with Gasteiger partial charge >= 0.3 is 11.9 Å². The molecule has 1 aromatic rings. The summed E-state index contributed by atoms with van der Waals surface area (Å²) in [6.45, 7) is 0. The highest BCUT2D eigenvalue weighted by Crippen LogP contribution is 2.52. The Morgan fingerprint density at radius 1 is 0.955 bits per heavy atom. The van der Waals surface area contributed by atoms with Crippen molar-refractivity contribution in [2.24, 2.45) is 23.7 Å². The Kier molecular flexibility index (Phi) is 3.60. The normalized spacial score (nSPS) is 29.3. The summed E-state index contributed by atoms with van der Waals surface area (Å²) >= 11 is 0. The van der Waals surface area contributed by atoms with Crippen LogP contribution in [0.25, 0.3) is 0 Å². The SMILES string of the molecule is O=C(O)c1ccc(NC(=O)[C@H]2[C@H]3CC[C@H](C3)[C@@H]2C(=O)O)cc1. The highest BCUT2D eigenvalue weighted by molar-refractivity contribution is 5.96. The molecule has 0 spiro atoms. The molecule has 2 fully saturated rings. The molecule has 2 saturated carbocycles. The molecule has 2 aliphatic carbocycles. The third kappa shape index (κ3) is 2.45. The molecule has 0 heterocycles. The van der Waals surface area contributed by atoms with E-state index in [1.54, 1.807) is 0 Å². The third-order valence-electron chi connectivity index (χ3n) is 4.90. The number of fused-ring (bicyclic) bond motifs is 2. The number of carbonyl (C=O) groups excluding carboxylic acids is 1. The van der Waals surface area contributed by atoms with Crippen molar-refractivity contribution in [1.29, 1.82) is 0 Å². The van der Waals surface area contributed by atoms with Gasteiger partial charge in [0, 0.05) is 5.69 Å². The van der Waals surface area contributed by atoms with Crippen LogP contribution in [-0.4, -0.2) is 28.1 Å². The Hall–Kier alpha value is -2.37. The summed E-state index contributed by atoms with van der Waals surface area (Å²) in [5.74, 6) is -3.04. The molecule has 3 rings (SSSR count). The zero-order valence-corrected chi connectivity index (χ0v) is 11.9. The molecule has 0 saturated heterocycles. The smallest absolute Gasteiger partial charge is 0.335 e. The number of hydrogen-bond donors (Lipinski definition) is 3. The second-order valence-electron chi connectivity index (χ2n) is 6.09. The van der Waals surface area contributed by atoms with Crippen molar-refractivity contribution in [2.75, 3.05) is 5.32 Å². The average Bonchev–Trinajstić information content (AvgIpc) is 3.08. The van der Waals surface area contributed by atoms with E-state index < -0.39 is 23.8 Å². The maximum Gasteiger partial charge on any atom is 0.335 e. The average molecular weight is 303 g/mol. The Labute approximate surface area is 127 Å². The van der Waals surface area contributed by atoms with Crippen molar-refractivity contribution < 1.29 is 24.6 Å². The van der Waals surface area contributed by atoms with Crippen LogP contribution in [0.5, 0.6) is 0 Å². The molecule has 1 amide bonds. The van der Waals surface area contributed by atoms with E-state index in [2.05, 4.69) is 5.32 Å². The van der Waals surface area contributed by atoms with Crippen LogP contribution in [-0.2, 0) is 9.59 Å². The lowest BCUT2D eigenvalue weighted by atomic mass is 9.78. The molecule has 3 N–H and O–H groups in total. The van der Waals surface area contributed by atoms with Gasteiger partial charge in [-0.05, 0) is 55.4 Å². The number of aliphatic carboxylic acids is 1. The number of carbonyl (C=O) groups is 3. The van der Waals surface area contributed by atoms with Crippen LogP contribution < -0.4 is 5.32 Å². The largest absolute Gasteiger partial charge is 0.481 e. The minimum atomic E-state index is -1.03. The summed E-state index contributed by atoms with van der Waals surface area (Å²) in [5, 5.41) is 20.9. The van der Waals surface area contributed by atoms with Crippen LogP contribution >= 0.6 is 0 Å². The first kappa shape index (κ1) is 14.6. The van der Waals surface area contributed by atoms with Crippen LogP contribution in [0, 0.1) is 23.7 Å². The standard InChI is InChI=1S/C16H17NO5/c18-14(17-11-5-3-8(4-6-11)15(19)20)12-9-1-2-10(7-9)13(12)16(21)22/h3-6,9-10,12-13H,1-2,7H2,(H,17,18)(H,19,20)(H,21,22)/t9-,10+,12-,13-/m0/s1. The van der Waals surface area contributed by atoms with Gasteiger partial charge in [-0.3, -0.25) is 9.59 Å². The number of carboxylic acids is 2. The van der Waals surface area contributed by atoms with E-state index in [9.17, 15) is 19.5 Å². The van der Waals surface area contributed by atoms with E-state index in [0.717, 1.165) is 19.3 Å². The van der Waals surface area contributed by atoms with Gasteiger partial charge in [-0.2, -0.15) is 0 Å². The summed E-state index contributed by atoms with van der Waals surface area (Å²) in [7, 11) is 0. The van der Waals surface area contributed by atoms with Gasteiger partial charge in [-0.25, -0.2) is 4.79 Å². The lowest BCUT2D eigenvalue weighted by Crippen LogP contribution is -2.37. The maximum atomic E-state index is 12.4. The zero-order chi connectivity index (χ0) is 15.9. The minimum absolute atomic E-state index is 0.104. The second-order valence-corrected chi connectivity index (χ2v) is 6.09. The molecule has 6 heteroatoms. The molecule has 2 bridgehead atoms. The summed E-state index contributed by atoms with van der Waals surface area (Å²) in [4.78, 5) is 34.7. The Morgan fingerprint density at radius 3 is 2.09 bits per heavy atom. The zero-order valence-electron chi connectivity index (χ0n) is 11.9. The molecule has 0 aliphatic heterocycles. The van der Waals surface area contributed by atoms with Crippen molar-refractivity contribution in [3.8, 4) is 0 Å². The number of rotatable bonds is 4. The highest BCUT2D eigenvalue weighted by atomic mass is 16.4. The molecule has 6 nitrogen and oxygen atoms in total. The van der Waals surface area contributed by atoms with Crippen molar-refractivity contribution in [3.63, 3.8) is 0 Å². The number of hydrogen-bond acceptors (Lipinski definition) is 3. The van der Waals surface area contributed by atoms with Crippen molar-refractivity contribution in [1.82, 2.24) is 0 Å². The highest BCUT2D eigenvalue weighted by Gasteiger charge is 2.53. The molecule has 0 radical (unpaired) electrons. The van der Waals surface area contributed by atoms with Gasteiger partial charge in [0.15, 0.2) is 0 Å². The number of nitrogens with one attached hydrogen (secondary N) is 1. The van der Waals surface area contributed by atoms with Gasteiger partial charge < -0.3 is 15.5 Å². The van der Waals surface area contributed by atoms with Crippen molar-refractivity contribution in [2.45, 2.75) is 19.3 Å². The monoisotopic (exact) mass is 303 g/mol. The summed E-state index contributed by atoms with van der Waals surface area (Å²) in [6.07, 6.45) is 2.61. The molecule has 22 heavy (non-hydrogen) atoms. The summed E-state index contributed by atoms with van der Waals surface area (Å²) in [6, 6.07) is 5.86. The Morgan fingerprint density at radius 2 is 1.55 bits per heavy atom. The first-order valence-electron chi connectivity index (χ1n) is 7.34. The molecule has 1 aromatic carbocycles. The van der Waals surface area contributed by atoms with E-state index in [-0.39, 0.29) is 23.3 Å². The van der Waals surface area contributed by atoms with Gasteiger partial charge in [-0.1, -0.05) is 0 Å². The van der Waals surface area contributed by atoms with Crippen molar-refractivity contribution >= 4 is 23.5 Å². The minimum Gasteiger partial charge on any atom is -0.481 e. The molecular formula is C16H17NO5. The second kappa shape index (κ2) is 5.44. The molecule has 4 atom stereocenters. The van der Waals surface area contributed by atoms with E-state index in [4.69, 9.17) is 5.11 Å². The number of anilines is 1. The fourth-order valence-corrected chi connectivity index (χ4v) is 3.95. The predicted molar refractivity (Wildman–Crippen MR) is 77.5 cm³/mol. The van der Waals surface area contributed by atoms with Crippen LogP contribution in [0.3, 0.4) is 0 Å². The molecular weight excluding hydrogens is 286 g/mol. The van der Waals surface area contributed by atoms with Crippen molar-refractivity contribution in [3.05, 3.63) is 29.8 Å². The van der Waals surface area contributed by atoms with E-state index in [0.29, 0.717) is 5.69 Å². The fraction of sp³-hybridized carbons (Fsp3) is 0.438. The first-order chi connectivity index (χ1) is 10.5. The van der Waals surface area contributed by atoms with Gasteiger partial charge in [0.05, 0.1) is 17.4 Å². The van der Waals surface area contributed by atoms with Crippen LogP contribution in [0.15, 0.2) is 24.3 Å². The number of carboxylic acid groups (broad SMARTS) is 2. The van der Waals surface area contributed by atoms with Crippen LogP contribution in [0.4, 0.5) is 5.69 Å². The van der Waals surface area contributed by atoms with Gasteiger partial charge in [-0.15, -0.1) is 0 Å². The van der Waals surface area contributed by atoms with Gasteiger partial charge in [0.25, 0.3) is 0 Å². The maximum absolute atomic E-state index is 12.4. The summed E-state index contributed by atoms with van der Waals surface area (Å²) < 4.78 is 0. The summed E-state index contributed by atoms with van der Waals surface area (Å²) in [5.41, 5.74) is 0.628. The lowest BCUT2D eigenvalue weighted by molar-refractivity contribution is -0.148. The third-order valence-corrected chi connectivity index (χ3v) is 4.90. The van der Waals surface area contributed by atoms with Gasteiger partial charge in [0.2, 0.25) is 5.91 Å². The predicted octanol–water partition coefficient (Wildman–Crippen LogP) is 2.07. The van der Waals surface area contributed by atoms with E-state index >= 15 is 0 Å². The quantitative estimate of drug-likeness (QED) is 0.790. The number of aromatic carboxylic acids is 1. The molecule has 2 aliphatic rings. The Balaban J connectivity index is 1.73. The van der Waals surface area contributed by atoms with E-state index in [1.807, 2.05) is 0 Å². The molecule has 0 unspecified atom stereocenters. The Bertz CT molecular complexity index is 624. The molecule has 116 valence electrons. The number of amides is 1. The fourth-order valence-electron chi connectivity index (χ4n) is 3.95. The van der Waals surface area contributed by atoms with E-state index in [1.165, 1.54) is 24.3 Å². The lowest BCUT2D eigenvalue weighted by Gasteiger charge is -2.27. The van der Waals surface area contributed by atoms with Crippen LogP contribution in [0.1, 0.15) is 29.6 Å². The van der Waals surface area contributed by atoms with Gasteiger partial charge in [0.1, 0.15) is 0 Å². The molecule has 0 aromatic heterocycles. The topological polar surface area (TPSA) is 104 Å². The first-order valence-corrected chi connectivity index (χ1v) is 7.34.